The highest BCUT2D eigenvalue weighted by Crippen LogP contribution is 2.18. The lowest BCUT2D eigenvalue weighted by atomic mass is 10.4. The minimum absolute atomic E-state index is 0.867. The Morgan fingerprint density at radius 1 is 1.23 bits per heavy atom. The average Bonchev–Trinajstić information content (AvgIpc) is 2.04. The van der Waals surface area contributed by atoms with Crippen molar-refractivity contribution in [3.05, 3.63) is 0 Å². The average molecular weight is 218 g/mol. The fraction of sp³-hybridized carbons (Fsp3) is 1.00. The molecular formula is C9H22N2SSi. The molecule has 0 aliphatic carbocycles. The van der Waals surface area contributed by atoms with E-state index < -0.39 is 7.22 Å². The normalized spacial score (nSPS) is 20.5. The molecule has 78 valence electrons. The number of rotatable bonds is 4. The molecule has 1 aliphatic rings. The van der Waals surface area contributed by atoms with Gasteiger partial charge in [0, 0.05) is 38.5 Å². The van der Waals surface area contributed by atoms with E-state index >= 15 is 0 Å². The molecule has 0 bridgehead atoms. The largest absolute Gasteiger partial charge is 0.314 e. The Balaban J connectivity index is 2.04. The summed E-state index contributed by atoms with van der Waals surface area (Å²) in [5, 5.41) is 3.38. The second kappa shape index (κ2) is 5.39. The lowest BCUT2D eigenvalue weighted by Crippen LogP contribution is -2.44. The van der Waals surface area contributed by atoms with E-state index in [4.69, 9.17) is 0 Å². The van der Waals surface area contributed by atoms with E-state index in [1.165, 1.54) is 38.5 Å². The van der Waals surface area contributed by atoms with Crippen LogP contribution in [-0.2, 0) is 0 Å². The molecule has 1 fully saturated rings. The summed E-state index contributed by atoms with van der Waals surface area (Å²) in [5.74, 6) is 1.33. The van der Waals surface area contributed by atoms with Crippen molar-refractivity contribution in [3.8, 4) is 0 Å². The molecule has 13 heavy (non-hydrogen) atoms. The van der Waals surface area contributed by atoms with Crippen molar-refractivity contribution < 1.29 is 0 Å². The number of nitrogens with zero attached hydrogens (tertiary/aromatic N) is 1. The Hall–Kier alpha value is 0.487. The summed E-state index contributed by atoms with van der Waals surface area (Å²) in [6, 6.07) is 0. The standard InChI is InChI=1S/C9H22N2SSi/c1-13(2,3)12-9-8-11-6-4-10-5-7-11/h10H,4-9H2,1-3H3. The first kappa shape index (κ1) is 11.6. The molecule has 2 nitrogen and oxygen atoms in total. The molecule has 0 spiro atoms. The van der Waals surface area contributed by atoms with Crippen molar-refractivity contribution in [3.63, 3.8) is 0 Å². The highest BCUT2D eigenvalue weighted by Gasteiger charge is 2.14. The van der Waals surface area contributed by atoms with Crippen LogP contribution in [0.3, 0.4) is 0 Å². The summed E-state index contributed by atoms with van der Waals surface area (Å²) in [6.45, 7) is 13.4. The maximum absolute atomic E-state index is 3.38. The molecule has 1 saturated heterocycles. The van der Waals surface area contributed by atoms with Crippen LogP contribution in [0.1, 0.15) is 0 Å². The lowest BCUT2D eigenvalue weighted by Gasteiger charge is -2.28. The molecular weight excluding hydrogens is 196 g/mol. The van der Waals surface area contributed by atoms with Gasteiger partial charge in [0.1, 0.15) is 7.22 Å². The fourth-order valence-corrected chi connectivity index (χ4v) is 4.49. The summed E-state index contributed by atoms with van der Waals surface area (Å²) in [5.41, 5.74) is 0. The molecule has 0 aromatic rings. The molecule has 4 heteroatoms. The van der Waals surface area contributed by atoms with Crippen molar-refractivity contribution in [1.82, 2.24) is 10.2 Å². The van der Waals surface area contributed by atoms with Crippen molar-refractivity contribution in [2.24, 2.45) is 0 Å². The van der Waals surface area contributed by atoms with Gasteiger partial charge in [-0.25, -0.2) is 0 Å². The zero-order chi connectivity index (χ0) is 9.73. The number of piperazine rings is 1. The predicted molar refractivity (Wildman–Crippen MR) is 65.1 cm³/mol. The van der Waals surface area contributed by atoms with E-state index in [1.807, 2.05) is 0 Å². The van der Waals surface area contributed by atoms with Crippen molar-refractivity contribution in [2.75, 3.05) is 38.5 Å². The minimum atomic E-state index is -0.867. The van der Waals surface area contributed by atoms with Gasteiger partial charge in [0.2, 0.25) is 0 Å². The van der Waals surface area contributed by atoms with Crippen LogP contribution in [0.4, 0.5) is 0 Å². The maximum Gasteiger partial charge on any atom is 0.108 e. The second-order valence-electron chi connectivity index (χ2n) is 4.55. The van der Waals surface area contributed by atoms with Gasteiger partial charge in [-0.05, 0) is 0 Å². The molecule has 1 aliphatic heterocycles. The smallest absolute Gasteiger partial charge is 0.108 e. The summed E-state index contributed by atoms with van der Waals surface area (Å²) in [7, 11) is -0.867. The summed E-state index contributed by atoms with van der Waals surface area (Å²) in [6.07, 6.45) is 0. The lowest BCUT2D eigenvalue weighted by molar-refractivity contribution is 0.255. The van der Waals surface area contributed by atoms with Crippen LogP contribution in [0.25, 0.3) is 0 Å². The molecule has 0 radical (unpaired) electrons. The topological polar surface area (TPSA) is 15.3 Å². The molecule has 0 unspecified atom stereocenters. The van der Waals surface area contributed by atoms with Gasteiger partial charge in [-0.3, -0.25) is 0 Å². The first-order valence-electron chi connectivity index (χ1n) is 5.15. The fourth-order valence-electron chi connectivity index (χ4n) is 1.42. The Morgan fingerprint density at radius 3 is 2.38 bits per heavy atom. The van der Waals surface area contributed by atoms with Crippen molar-refractivity contribution in [1.29, 1.82) is 0 Å². The Bertz CT molecular complexity index is 141. The highest BCUT2D eigenvalue weighted by atomic mass is 32.4. The monoisotopic (exact) mass is 218 g/mol. The third-order valence-electron chi connectivity index (χ3n) is 2.15. The van der Waals surface area contributed by atoms with Crippen LogP contribution in [0.5, 0.6) is 0 Å². The summed E-state index contributed by atoms with van der Waals surface area (Å²) >= 11 is 2.20. The quantitative estimate of drug-likeness (QED) is 0.719. The van der Waals surface area contributed by atoms with Crippen molar-refractivity contribution in [2.45, 2.75) is 19.6 Å². The molecule has 0 aromatic heterocycles. The molecule has 0 atom stereocenters. The van der Waals surface area contributed by atoms with Crippen LogP contribution < -0.4 is 5.32 Å². The van der Waals surface area contributed by atoms with E-state index in [2.05, 4.69) is 41.1 Å². The molecule has 0 saturated carbocycles. The summed E-state index contributed by atoms with van der Waals surface area (Å²) < 4.78 is 0. The zero-order valence-corrected chi connectivity index (χ0v) is 10.9. The zero-order valence-electron chi connectivity index (χ0n) is 9.10. The predicted octanol–water partition coefficient (Wildman–Crippen LogP) is 1.46. The van der Waals surface area contributed by atoms with E-state index in [0.717, 1.165) is 0 Å². The Kier molecular flexibility index (Phi) is 4.79. The number of hydrogen-bond donors (Lipinski definition) is 1. The van der Waals surface area contributed by atoms with Gasteiger partial charge < -0.3 is 10.2 Å². The van der Waals surface area contributed by atoms with Crippen LogP contribution in [0, 0.1) is 0 Å². The van der Waals surface area contributed by atoms with Crippen LogP contribution >= 0.6 is 11.2 Å². The first-order valence-corrected chi connectivity index (χ1v) is 10.4. The van der Waals surface area contributed by atoms with Gasteiger partial charge in [0.15, 0.2) is 0 Å². The molecule has 0 aromatic carbocycles. The van der Waals surface area contributed by atoms with Crippen LogP contribution in [-0.4, -0.2) is 50.6 Å². The molecule has 1 rings (SSSR count). The Morgan fingerprint density at radius 2 is 1.85 bits per heavy atom. The van der Waals surface area contributed by atoms with Gasteiger partial charge in [0.25, 0.3) is 0 Å². The summed E-state index contributed by atoms with van der Waals surface area (Å²) in [4.78, 5) is 2.57. The third kappa shape index (κ3) is 5.73. The van der Waals surface area contributed by atoms with Gasteiger partial charge in [-0.1, -0.05) is 19.6 Å². The molecule has 1 heterocycles. The number of hydrogen-bond acceptors (Lipinski definition) is 3. The van der Waals surface area contributed by atoms with Crippen LogP contribution in [0.15, 0.2) is 0 Å². The minimum Gasteiger partial charge on any atom is -0.314 e. The molecule has 1 N–H and O–H groups in total. The van der Waals surface area contributed by atoms with Crippen LogP contribution in [0.2, 0.25) is 19.6 Å². The van der Waals surface area contributed by atoms with Gasteiger partial charge >= 0.3 is 0 Å². The SMILES string of the molecule is C[Si](C)(C)SCCN1CCNCC1. The van der Waals surface area contributed by atoms with E-state index in [-0.39, 0.29) is 0 Å². The van der Waals surface area contributed by atoms with Gasteiger partial charge in [-0.2, -0.15) is 11.2 Å². The van der Waals surface area contributed by atoms with E-state index in [0.29, 0.717) is 0 Å². The highest BCUT2D eigenvalue weighted by molar-refractivity contribution is 8.28. The van der Waals surface area contributed by atoms with E-state index in [9.17, 15) is 0 Å². The van der Waals surface area contributed by atoms with Gasteiger partial charge in [0.05, 0.1) is 0 Å². The number of nitrogens with one attached hydrogen (secondary N) is 1. The first-order chi connectivity index (χ1) is 6.08. The Labute approximate surface area is 87.1 Å². The maximum atomic E-state index is 3.38. The van der Waals surface area contributed by atoms with E-state index in [1.54, 1.807) is 0 Å². The third-order valence-corrected chi connectivity index (χ3v) is 6.62. The van der Waals surface area contributed by atoms with Gasteiger partial charge in [-0.15, -0.1) is 0 Å². The molecule has 0 amide bonds. The van der Waals surface area contributed by atoms with Crippen molar-refractivity contribution >= 4 is 18.4 Å². The second-order valence-corrected chi connectivity index (χ2v) is 14.0.